The number of nitrogens with zero attached hydrogens (tertiary/aromatic N) is 3. The van der Waals surface area contributed by atoms with Crippen molar-refractivity contribution in [3.05, 3.63) is 22.5 Å². The topological polar surface area (TPSA) is 50.7 Å². The Balaban J connectivity index is 2.30. The lowest BCUT2D eigenvalue weighted by Crippen LogP contribution is -2.08. The second kappa shape index (κ2) is 7.75. The van der Waals surface area contributed by atoms with Crippen molar-refractivity contribution in [3.8, 4) is 0 Å². The summed E-state index contributed by atoms with van der Waals surface area (Å²) in [5.74, 6) is 1.88. The lowest BCUT2D eigenvalue weighted by atomic mass is 10.3. The monoisotopic (exact) mass is 322 g/mol. The molecule has 0 aliphatic heterocycles. The summed E-state index contributed by atoms with van der Waals surface area (Å²) in [6.07, 6.45) is 3.04. The molecule has 0 amide bonds. The second-order valence-electron chi connectivity index (χ2n) is 4.95. The van der Waals surface area contributed by atoms with Crippen molar-refractivity contribution in [2.45, 2.75) is 56.3 Å². The Morgan fingerprint density at radius 1 is 1.14 bits per heavy atom. The minimum Gasteiger partial charge on any atom is -0.370 e. The van der Waals surface area contributed by atoms with Crippen molar-refractivity contribution in [1.82, 2.24) is 15.0 Å². The van der Waals surface area contributed by atoms with Crippen molar-refractivity contribution in [1.29, 1.82) is 0 Å². The Kier molecular flexibility index (Phi) is 5.99. The average molecular weight is 323 g/mol. The van der Waals surface area contributed by atoms with Crippen LogP contribution in [0.4, 0.5) is 5.82 Å². The maximum absolute atomic E-state index is 4.71. The first kappa shape index (κ1) is 16.2. The molecule has 6 heteroatoms. The van der Waals surface area contributed by atoms with Gasteiger partial charge in [-0.2, -0.15) is 0 Å². The molecule has 0 atom stereocenters. The highest BCUT2D eigenvalue weighted by Gasteiger charge is 2.13. The van der Waals surface area contributed by atoms with E-state index in [2.05, 4.69) is 41.4 Å². The summed E-state index contributed by atoms with van der Waals surface area (Å²) in [4.78, 5) is 13.9. The number of hydrogen-bond acceptors (Lipinski definition) is 6. The lowest BCUT2D eigenvalue weighted by Gasteiger charge is -2.12. The zero-order chi connectivity index (χ0) is 15.2. The standard InChI is InChI=1S/C15H22N4S2/c1-5-7-12-18-13(16-8-6-2)11(4)14(19-12)21-15-17-10(3)9-20-15/h9H,5-8H2,1-4H3,(H,16,18,19). The summed E-state index contributed by atoms with van der Waals surface area (Å²) in [7, 11) is 0. The zero-order valence-electron chi connectivity index (χ0n) is 13.1. The molecule has 0 saturated carbocycles. The zero-order valence-corrected chi connectivity index (χ0v) is 14.7. The second-order valence-corrected chi connectivity index (χ2v) is 7.05. The Hall–Kier alpha value is -1.14. The van der Waals surface area contributed by atoms with Crippen LogP contribution in [0, 0.1) is 13.8 Å². The number of anilines is 1. The van der Waals surface area contributed by atoms with Gasteiger partial charge in [-0.05, 0) is 38.5 Å². The van der Waals surface area contributed by atoms with Crippen LogP contribution in [0.25, 0.3) is 0 Å². The minimum atomic E-state index is 0.908. The van der Waals surface area contributed by atoms with Gasteiger partial charge in [0.1, 0.15) is 16.7 Å². The van der Waals surface area contributed by atoms with E-state index in [0.29, 0.717) is 0 Å². The van der Waals surface area contributed by atoms with Gasteiger partial charge in [0.15, 0.2) is 4.34 Å². The van der Waals surface area contributed by atoms with Gasteiger partial charge >= 0.3 is 0 Å². The molecule has 2 heterocycles. The number of rotatable bonds is 7. The Morgan fingerprint density at radius 3 is 2.57 bits per heavy atom. The van der Waals surface area contributed by atoms with E-state index in [1.807, 2.05) is 6.92 Å². The van der Waals surface area contributed by atoms with Crippen LogP contribution >= 0.6 is 23.1 Å². The summed E-state index contributed by atoms with van der Waals surface area (Å²) >= 11 is 3.31. The van der Waals surface area contributed by atoms with Crippen molar-refractivity contribution >= 4 is 28.9 Å². The first-order valence-electron chi connectivity index (χ1n) is 7.35. The predicted molar refractivity (Wildman–Crippen MR) is 90.5 cm³/mol. The fourth-order valence-electron chi connectivity index (χ4n) is 1.85. The fourth-order valence-corrected chi connectivity index (χ4v) is 3.70. The van der Waals surface area contributed by atoms with Gasteiger partial charge in [0.25, 0.3) is 0 Å². The van der Waals surface area contributed by atoms with E-state index in [0.717, 1.165) is 58.1 Å². The molecule has 0 bridgehead atoms. The summed E-state index contributed by atoms with van der Waals surface area (Å²) in [5.41, 5.74) is 2.17. The van der Waals surface area contributed by atoms with E-state index < -0.39 is 0 Å². The Morgan fingerprint density at radius 2 is 1.95 bits per heavy atom. The Labute approximate surface area is 134 Å². The van der Waals surface area contributed by atoms with Crippen LogP contribution in [0.1, 0.15) is 43.8 Å². The molecule has 0 aliphatic carbocycles. The van der Waals surface area contributed by atoms with E-state index in [1.165, 1.54) is 0 Å². The molecule has 4 nitrogen and oxygen atoms in total. The van der Waals surface area contributed by atoms with Crippen LogP contribution in [0.2, 0.25) is 0 Å². The molecule has 0 saturated heterocycles. The molecule has 2 aromatic rings. The first-order valence-corrected chi connectivity index (χ1v) is 9.05. The molecule has 0 spiro atoms. The van der Waals surface area contributed by atoms with E-state index in [4.69, 9.17) is 4.98 Å². The first-order chi connectivity index (χ1) is 10.1. The summed E-state index contributed by atoms with van der Waals surface area (Å²) in [6.45, 7) is 9.34. The van der Waals surface area contributed by atoms with Gasteiger partial charge in [0, 0.05) is 29.6 Å². The maximum Gasteiger partial charge on any atom is 0.156 e. The van der Waals surface area contributed by atoms with Crippen LogP contribution in [-0.2, 0) is 6.42 Å². The molecule has 0 fully saturated rings. The third-order valence-electron chi connectivity index (χ3n) is 2.95. The van der Waals surface area contributed by atoms with Crippen LogP contribution in [0.3, 0.4) is 0 Å². The van der Waals surface area contributed by atoms with Crippen LogP contribution in [0.15, 0.2) is 14.7 Å². The van der Waals surface area contributed by atoms with Gasteiger partial charge in [0.2, 0.25) is 0 Å². The van der Waals surface area contributed by atoms with E-state index in [1.54, 1.807) is 23.1 Å². The third-order valence-corrected chi connectivity index (χ3v) is 5.09. The number of aryl methyl sites for hydroxylation is 2. The largest absolute Gasteiger partial charge is 0.370 e. The highest BCUT2D eigenvalue weighted by atomic mass is 32.2. The van der Waals surface area contributed by atoms with Gasteiger partial charge in [-0.1, -0.05) is 13.8 Å². The highest BCUT2D eigenvalue weighted by Crippen LogP contribution is 2.33. The highest BCUT2D eigenvalue weighted by molar-refractivity contribution is 8.01. The number of thiazole rings is 1. The average Bonchev–Trinajstić information content (AvgIpc) is 2.86. The quantitative estimate of drug-likeness (QED) is 0.762. The number of hydrogen-bond donors (Lipinski definition) is 1. The van der Waals surface area contributed by atoms with Gasteiger partial charge in [-0.3, -0.25) is 0 Å². The van der Waals surface area contributed by atoms with Gasteiger partial charge < -0.3 is 5.32 Å². The van der Waals surface area contributed by atoms with Crippen LogP contribution in [0.5, 0.6) is 0 Å². The maximum atomic E-state index is 4.71. The molecule has 1 N–H and O–H groups in total. The van der Waals surface area contributed by atoms with Crippen molar-refractivity contribution in [2.75, 3.05) is 11.9 Å². The number of aromatic nitrogens is 3. The molecule has 2 aromatic heterocycles. The lowest BCUT2D eigenvalue weighted by molar-refractivity contribution is 0.799. The van der Waals surface area contributed by atoms with Gasteiger partial charge in [-0.25, -0.2) is 15.0 Å². The number of nitrogens with one attached hydrogen (secondary N) is 1. The molecular weight excluding hydrogens is 300 g/mol. The van der Waals surface area contributed by atoms with Crippen molar-refractivity contribution < 1.29 is 0 Å². The fraction of sp³-hybridized carbons (Fsp3) is 0.533. The van der Waals surface area contributed by atoms with Gasteiger partial charge in [0.05, 0.1) is 0 Å². The molecule has 2 rings (SSSR count). The Bertz CT molecular complexity index is 595. The predicted octanol–water partition coefficient (Wildman–Crippen LogP) is 4.48. The molecule has 0 aromatic carbocycles. The molecule has 0 aliphatic rings. The smallest absolute Gasteiger partial charge is 0.156 e. The van der Waals surface area contributed by atoms with E-state index in [9.17, 15) is 0 Å². The molecule has 114 valence electrons. The summed E-state index contributed by atoms with van der Waals surface area (Å²) < 4.78 is 1.04. The van der Waals surface area contributed by atoms with Crippen LogP contribution < -0.4 is 5.32 Å². The molecule has 0 unspecified atom stereocenters. The van der Waals surface area contributed by atoms with Crippen molar-refractivity contribution in [3.63, 3.8) is 0 Å². The normalized spacial score (nSPS) is 10.9. The SMILES string of the molecule is CCCNc1nc(CCC)nc(Sc2nc(C)cs2)c1C. The van der Waals surface area contributed by atoms with E-state index in [-0.39, 0.29) is 0 Å². The molecular formula is C15H22N4S2. The van der Waals surface area contributed by atoms with Crippen molar-refractivity contribution in [2.24, 2.45) is 0 Å². The minimum absolute atomic E-state index is 0.908. The van der Waals surface area contributed by atoms with Crippen LogP contribution in [-0.4, -0.2) is 21.5 Å². The molecule has 21 heavy (non-hydrogen) atoms. The molecule has 0 radical (unpaired) electrons. The summed E-state index contributed by atoms with van der Waals surface area (Å²) in [6, 6.07) is 0. The summed E-state index contributed by atoms with van der Waals surface area (Å²) in [5, 5.41) is 6.50. The third kappa shape index (κ3) is 4.41. The van der Waals surface area contributed by atoms with E-state index >= 15 is 0 Å². The van der Waals surface area contributed by atoms with Gasteiger partial charge in [-0.15, -0.1) is 11.3 Å².